The number of anilines is 1. The zero-order valence-electron chi connectivity index (χ0n) is 17.6. The van der Waals surface area contributed by atoms with Gasteiger partial charge in [-0.2, -0.15) is 0 Å². The van der Waals surface area contributed by atoms with Gasteiger partial charge in [0.1, 0.15) is 4.88 Å². The topological polar surface area (TPSA) is 114 Å². The smallest absolute Gasteiger partial charge is 0.277 e. The van der Waals surface area contributed by atoms with E-state index in [4.69, 9.17) is 4.42 Å². The maximum Gasteiger partial charge on any atom is 0.277 e. The van der Waals surface area contributed by atoms with Gasteiger partial charge in [0.25, 0.3) is 11.1 Å². The van der Waals surface area contributed by atoms with Gasteiger partial charge in [0.2, 0.25) is 11.8 Å². The maximum atomic E-state index is 12.3. The highest BCUT2D eigenvalue weighted by Crippen LogP contribution is 2.25. The molecule has 1 aromatic carbocycles. The molecular formula is C20H20N6O3S3. The van der Waals surface area contributed by atoms with Gasteiger partial charge in [0, 0.05) is 26.9 Å². The summed E-state index contributed by atoms with van der Waals surface area (Å²) in [6, 6.07) is 8.02. The number of nitrogens with one attached hydrogen (secondary N) is 1. The lowest BCUT2D eigenvalue weighted by Crippen LogP contribution is -2.21. The first kappa shape index (κ1) is 22.4. The molecule has 9 nitrogen and oxygen atoms in total. The second-order valence-corrected chi connectivity index (χ2v) is 10.0. The van der Waals surface area contributed by atoms with E-state index in [1.807, 2.05) is 18.2 Å². The van der Waals surface area contributed by atoms with Crippen molar-refractivity contribution in [3.63, 3.8) is 0 Å². The van der Waals surface area contributed by atoms with Gasteiger partial charge in [0.15, 0.2) is 5.13 Å². The number of fused-ring (bicyclic) bond motifs is 1. The summed E-state index contributed by atoms with van der Waals surface area (Å²) in [6.07, 6.45) is 1.30. The number of hydrogen-bond donors (Lipinski definition) is 1. The molecule has 0 aliphatic carbocycles. The Kier molecular flexibility index (Phi) is 6.82. The molecule has 4 aromatic rings. The molecule has 32 heavy (non-hydrogen) atoms. The van der Waals surface area contributed by atoms with E-state index in [2.05, 4.69) is 31.5 Å². The molecule has 0 unspecified atom stereocenters. The lowest BCUT2D eigenvalue weighted by Gasteiger charge is -2.07. The predicted molar refractivity (Wildman–Crippen MR) is 126 cm³/mol. The molecule has 166 valence electrons. The number of rotatable bonds is 8. The van der Waals surface area contributed by atoms with Crippen LogP contribution in [0.25, 0.3) is 10.2 Å². The number of aryl methyl sites for hydroxylation is 3. The van der Waals surface area contributed by atoms with Crippen molar-refractivity contribution in [2.24, 2.45) is 0 Å². The normalized spacial score (nSPS) is 11.1. The number of nitrogens with zero attached hydrogens (tertiary/aromatic N) is 5. The van der Waals surface area contributed by atoms with Crippen LogP contribution in [0.3, 0.4) is 0 Å². The zero-order chi connectivity index (χ0) is 22.7. The Labute approximate surface area is 196 Å². The highest BCUT2D eigenvalue weighted by molar-refractivity contribution is 7.99. The second-order valence-electron chi connectivity index (χ2n) is 7.01. The monoisotopic (exact) mass is 488 g/mol. The molecular weight excluding hydrogens is 468 g/mol. The van der Waals surface area contributed by atoms with Crippen molar-refractivity contribution >= 4 is 61.6 Å². The number of para-hydroxylation sites is 1. The largest absolute Gasteiger partial charge is 0.416 e. The van der Waals surface area contributed by atoms with Crippen molar-refractivity contribution in [1.29, 1.82) is 0 Å². The van der Waals surface area contributed by atoms with E-state index < -0.39 is 0 Å². The molecule has 1 N–H and O–H groups in total. The van der Waals surface area contributed by atoms with Gasteiger partial charge in [-0.15, -0.1) is 21.5 Å². The summed E-state index contributed by atoms with van der Waals surface area (Å²) >= 11 is 3.97. The number of aromatic nitrogens is 4. The van der Waals surface area contributed by atoms with E-state index in [1.165, 1.54) is 4.90 Å². The minimum Gasteiger partial charge on any atom is -0.416 e. The van der Waals surface area contributed by atoms with Gasteiger partial charge >= 0.3 is 0 Å². The molecule has 2 amide bonds. The molecule has 0 aliphatic rings. The lowest BCUT2D eigenvalue weighted by molar-refractivity contribution is -0.113. The summed E-state index contributed by atoms with van der Waals surface area (Å²) in [7, 11) is 3.35. The molecule has 0 spiro atoms. The minimum atomic E-state index is -0.262. The van der Waals surface area contributed by atoms with Crippen LogP contribution >= 0.6 is 34.4 Å². The van der Waals surface area contributed by atoms with Crippen molar-refractivity contribution in [2.45, 2.75) is 25.0 Å². The van der Waals surface area contributed by atoms with Gasteiger partial charge in [-0.3, -0.25) is 9.59 Å². The first-order chi connectivity index (χ1) is 15.4. The summed E-state index contributed by atoms with van der Waals surface area (Å²) in [5, 5.41) is 12.5. The van der Waals surface area contributed by atoms with Crippen molar-refractivity contribution in [1.82, 2.24) is 25.1 Å². The van der Waals surface area contributed by atoms with Crippen molar-refractivity contribution in [3.8, 4) is 0 Å². The third kappa shape index (κ3) is 5.31. The van der Waals surface area contributed by atoms with Crippen LogP contribution in [0.4, 0.5) is 5.13 Å². The average Bonchev–Trinajstić information content (AvgIpc) is 3.48. The molecule has 0 atom stereocenters. The molecule has 3 aromatic heterocycles. The van der Waals surface area contributed by atoms with Crippen LogP contribution in [-0.2, 0) is 17.6 Å². The summed E-state index contributed by atoms with van der Waals surface area (Å²) in [5.74, 6) is 0.199. The summed E-state index contributed by atoms with van der Waals surface area (Å²) in [6.45, 7) is 1.74. The number of amides is 2. The number of benzene rings is 1. The Hall–Kier alpha value is -2.83. The van der Waals surface area contributed by atoms with Gasteiger partial charge in [-0.05, 0) is 19.1 Å². The third-order valence-electron chi connectivity index (χ3n) is 4.31. The van der Waals surface area contributed by atoms with Gasteiger partial charge < -0.3 is 14.6 Å². The maximum absolute atomic E-state index is 12.3. The van der Waals surface area contributed by atoms with E-state index in [0.29, 0.717) is 39.7 Å². The first-order valence-electron chi connectivity index (χ1n) is 9.67. The van der Waals surface area contributed by atoms with Crippen LogP contribution in [0.15, 0.2) is 33.9 Å². The summed E-state index contributed by atoms with van der Waals surface area (Å²) in [5.41, 5.74) is 1.58. The number of carbonyl (C=O) groups excluding carboxylic acids is 2. The molecule has 3 heterocycles. The van der Waals surface area contributed by atoms with Crippen LogP contribution in [0.2, 0.25) is 0 Å². The molecule has 0 bridgehead atoms. The average molecular weight is 489 g/mol. The number of thiazole rings is 2. The number of hydrogen-bond acceptors (Lipinski definition) is 10. The number of thioether (sulfide) groups is 1. The fraction of sp³-hybridized carbons (Fsp3) is 0.300. The molecule has 12 heteroatoms. The molecule has 0 aliphatic heterocycles. The van der Waals surface area contributed by atoms with Crippen LogP contribution in [0.1, 0.15) is 26.3 Å². The van der Waals surface area contributed by atoms with Crippen LogP contribution in [0, 0.1) is 6.92 Å². The summed E-state index contributed by atoms with van der Waals surface area (Å²) in [4.78, 5) is 35.2. The highest BCUT2D eigenvalue weighted by Gasteiger charge is 2.18. The standard InChI is InChI=1S/C20H20N6O3S3/c1-11-17(18(28)26(2)3)32-19(21-11)23-14(27)10-30-20-25-24-15(29-20)8-9-16-22-12-6-4-5-7-13(12)31-16/h4-7H,8-10H2,1-3H3,(H,21,23,27). The summed E-state index contributed by atoms with van der Waals surface area (Å²) < 4.78 is 6.79. The quantitative estimate of drug-likeness (QED) is 0.374. The Morgan fingerprint density at radius 1 is 1.12 bits per heavy atom. The van der Waals surface area contributed by atoms with E-state index in [0.717, 1.165) is 38.3 Å². The lowest BCUT2D eigenvalue weighted by atomic mass is 10.3. The predicted octanol–water partition coefficient (Wildman–Crippen LogP) is 3.66. The Bertz CT molecular complexity index is 1230. The minimum absolute atomic E-state index is 0.0924. The molecule has 0 saturated carbocycles. The van der Waals surface area contributed by atoms with Crippen LogP contribution < -0.4 is 5.32 Å². The van der Waals surface area contributed by atoms with Gasteiger partial charge in [0.05, 0.1) is 26.7 Å². The molecule has 4 rings (SSSR count). The SMILES string of the molecule is Cc1nc(NC(=O)CSc2nnc(CCc3nc4ccccc4s3)o2)sc1C(=O)N(C)C. The first-order valence-corrected chi connectivity index (χ1v) is 12.3. The van der Waals surface area contributed by atoms with E-state index in [1.54, 1.807) is 32.4 Å². The molecule has 0 radical (unpaired) electrons. The second kappa shape index (κ2) is 9.76. The van der Waals surface area contributed by atoms with Crippen molar-refractivity contribution < 1.29 is 14.0 Å². The van der Waals surface area contributed by atoms with Gasteiger partial charge in [-0.25, -0.2) is 9.97 Å². The Morgan fingerprint density at radius 3 is 2.72 bits per heavy atom. The number of carbonyl (C=O) groups is 2. The fourth-order valence-corrected chi connectivity index (χ4v) is 5.32. The van der Waals surface area contributed by atoms with Crippen molar-refractivity contribution in [2.75, 3.05) is 25.2 Å². The Balaban J connectivity index is 1.27. The van der Waals surface area contributed by atoms with E-state index in [-0.39, 0.29) is 17.6 Å². The highest BCUT2D eigenvalue weighted by atomic mass is 32.2. The third-order valence-corrected chi connectivity index (χ3v) is 7.28. The Morgan fingerprint density at radius 2 is 1.94 bits per heavy atom. The van der Waals surface area contributed by atoms with Crippen LogP contribution in [0.5, 0.6) is 0 Å². The zero-order valence-corrected chi connectivity index (χ0v) is 20.1. The van der Waals surface area contributed by atoms with Gasteiger partial charge in [-0.1, -0.05) is 35.2 Å². The molecule has 0 saturated heterocycles. The molecule has 0 fully saturated rings. The van der Waals surface area contributed by atoms with Crippen LogP contribution in [-0.4, -0.2) is 56.7 Å². The van der Waals surface area contributed by atoms with Crippen molar-refractivity contribution in [3.05, 3.63) is 45.7 Å². The van der Waals surface area contributed by atoms with E-state index >= 15 is 0 Å². The van der Waals surface area contributed by atoms with E-state index in [9.17, 15) is 9.59 Å². The fourth-order valence-electron chi connectivity index (χ4n) is 2.77.